The number of benzene rings is 2. The van der Waals surface area contributed by atoms with E-state index in [1.807, 2.05) is 60.7 Å². The first-order valence-electron chi connectivity index (χ1n) is 11.0. The second kappa shape index (κ2) is 10.5. The number of ether oxygens (including phenoxy) is 1. The first kappa shape index (κ1) is 24.1. The van der Waals surface area contributed by atoms with E-state index in [1.54, 1.807) is 11.7 Å². The van der Waals surface area contributed by atoms with Gasteiger partial charge in [0, 0.05) is 18.6 Å². The lowest BCUT2D eigenvalue weighted by molar-refractivity contribution is -0.147. The van der Waals surface area contributed by atoms with E-state index in [1.165, 1.54) is 35.5 Å². The fraction of sp³-hybridized carbons (Fsp3) is 0.250. The van der Waals surface area contributed by atoms with Gasteiger partial charge in [-0.2, -0.15) is 0 Å². The van der Waals surface area contributed by atoms with Gasteiger partial charge in [-0.05, 0) is 27.1 Å². The Balaban J connectivity index is 1.49. The molecule has 0 aliphatic carbocycles. The lowest BCUT2D eigenvalue weighted by atomic mass is 10.0. The van der Waals surface area contributed by atoms with Gasteiger partial charge in [-0.15, -0.1) is 16.9 Å². The molecule has 0 N–H and O–H groups in total. The number of rotatable bonds is 8. The Hall–Kier alpha value is -3.64. The number of oxime groups is 1. The van der Waals surface area contributed by atoms with Gasteiger partial charge >= 0.3 is 5.97 Å². The molecular weight excluding hydrogens is 500 g/mol. The number of hydrogen-bond acceptors (Lipinski definition) is 10. The van der Waals surface area contributed by atoms with Crippen LogP contribution in [0.25, 0.3) is 0 Å². The minimum atomic E-state index is -0.638. The molecule has 1 saturated heterocycles. The van der Waals surface area contributed by atoms with Crippen LogP contribution in [-0.2, 0) is 26.2 Å². The standard InChI is InChI=1S/C24H22N6O4S2/c1-29-24(25-27-28-29)36-14-17-13-35-22-18(26-33-2)21(31)30(22)19(17)23(32)34-20(15-9-5-3-6-10-15)16-11-7-4-8-12-16/h3-12,20,22H,13-14H2,1-2H3/t22-/m0/s1. The average molecular weight is 523 g/mol. The van der Waals surface area contributed by atoms with Crippen LogP contribution in [0.1, 0.15) is 17.2 Å². The smallest absolute Gasteiger partial charge is 0.356 e. The third kappa shape index (κ3) is 4.61. The largest absolute Gasteiger partial charge is 0.448 e. The minimum absolute atomic E-state index is 0.235. The molecule has 1 aromatic heterocycles. The molecule has 0 saturated carbocycles. The summed E-state index contributed by atoms with van der Waals surface area (Å²) in [6, 6.07) is 19.1. The predicted molar refractivity (Wildman–Crippen MR) is 135 cm³/mol. The summed E-state index contributed by atoms with van der Waals surface area (Å²) in [5.74, 6) is -0.0177. The Kier molecular flexibility index (Phi) is 7.05. The van der Waals surface area contributed by atoms with Crippen molar-refractivity contribution in [2.45, 2.75) is 16.6 Å². The van der Waals surface area contributed by atoms with Crippen molar-refractivity contribution in [1.29, 1.82) is 0 Å². The summed E-state index contributed by atoms with van der Waals surface area (Å²) in [5, 5.41) is 15.6. The highest BCUT2D eigenvalue weighted by Crippen LogP contribution is 2.41. The van der Waals surface area contributed by atoms with Crippen LogP contribution >= 0.6 is 23.5 Å². The number of tetrazole rings is 1. The highest BCUT2D eigenvalue weighted by atomic mass is 32.2. The third-order valence-corrected chi connectivity index (χ3v) is 8.03. The van der Waals surface area contributed by atoms with E-state index >= 15 is 0 Å². The summed E-state index contributed by atoms with van der Waals surface area (Å²) in [5.41, 5.74) is 2.94. The fourth-order valence-electron chi connectivity index (χ4n) is 3.96. The number of carbonyl (C=O) groups excluding carboxylic acids is 2. The molecule has 0 spiro atoms. The van der Waals surface area contributed by atoms with Crippen molar-refractivity contribution in [3.05, 3.63) is 83.1 Å². The molecule has 5 rings (SSSR count). The zero-order valence-electron chi connectivity index (χ0n) is 19.5. The molecular formula is C24H22N6O4S2. The molecule has 0 bridgehead atoms. The van der Waals surface area contributed by atoms with Crippen molar-refractivity contribution in [3.63, 3.8) is 0 Å². The van der Waals surface area contributed by atoms with Crippen LogP contribution < -0.4 is 0 Å². The van der Waals surface area contributed by atoms with Crippen LogP contribution in [0.2, 0.25) is 0 Å². The maximum atomic E-state index is 13.8. The molecule has 2 aromatic carbocycles. The molecule has 10 nitrogen and oxygen atoms in total. The van der Waals surface area contributed by atoms with Gasteiger partial charge in [0.25, 0.3) is 5.91 Å². The molecule has 2 aliphatic rings. The van der Waals surface area contributed by atoms with Crippen LogP contribution in [0, 0.1) is 0 Å². The zero-order valence-corrected chi connectivity index (χ0v) is 21.1. The highest BCUT2D eigenvalue weighted by molar-refractivity contribution is 8.01. The molecule has 3 aromatic rings. The molecule has 1 atom stereocenters. The zero-order chi connectivity index (χ0) is 25.1. The van der Waals surface area contributed by atoms with Crippen LogP contribution in [0.3, 0.4) is 0 Å². The third-order valence-electron chi connectivity index (χ3n) is 5.67. The van der Waals surface area contributed by atoms with Crippen molar-refractivity contribution < 1.29 is 19.2 Å². The Bertz CT molecular complexity index is 1290. The Morgan fingerprint density at radius 1 is 1.17 bits per heavy atom. The molecule has 1 amide bonds. The lowest BCUT2D eigenvalue weighted by Gasteiger charge is -2.44. The molecule has 36 heavy (non-hydrogen) atoms. The van der Waals surface area contributed by atoms with E-state index < -0.39 is 17.4 Å². The second-order valence-electron chi connectivity index (χ2n) is 7.93. The van der Waals surface area contributed by atoms with Crippen molar-refractivity contribution in [3.8, 4) is 0 Å². The number of aryl methyl sites for hydroxylation is 1. The van der Waals surface area contributed by atoms with Crippen LogP contribution in [0.4, 0.5) is 0 Å². The van der Waals surface area contributed by atoms with Crippen molar-refractivity contribution in [2.24, 2.45) is 12.2 Å². The van der Waals surface area contributed by atoms with E-state index in [2.05, 4.69) is 20.7 Å². The van der Waals surface area contributed by atoms with Gasteiger partial charge in [0.2, 0.25) is 5.16 Å². The number of fused-ring (bicyclic) bond motifs is 1. The maximum absolute atomic E-state index is 13.8. The first-order valence-corrected chi connectivity index (χ1v) is 13.1. The maximum Gasteiger partial charge on any atom is 0.356 e. The molecule has 3 heterocycles. The highest BCUT2D eigenvalue weighted by Gasteiger charge is 2.52. The van der Waals surface area contributed by atoms with E-state index in [9.17, 15) is 9.59 Å². The van der Waals surface area contributed by atoms with Crippen LogP contribution in [-0.4, -0.2) is 66.7 Å². The topological polar surface area (TPSA) is 112 Å². The molecule has 1 fully saturated rings. The van der Waals surface area contributed by atoms with Gasteiger partial charge in [-0.3, -0.25) is 9.69 Å². The number of hydrogen-bond donors (Lipinski definition) is 0. The summed E-state index contributed by atoms with van der Waals surface area (Å²) in [4.78, 5) is 33.1. The number of β-lactam (4-membered cyclic amide) rings is 1. The number of aromatic nitrogens is 4. The summed E-state index contributed by atoms with van der Waals surface area (Å²) < 4.78 is 7.68. The molecule has 184 valence electrons. The normalized spacial score (nSPS) is 18.3. The number of thioether (sulfide) groups is 2. The van der Waals surface area contributed by atoms with Crippen molar-refractivity contribution in [1.82, 2.24) is 25.1 Å². The SMILES string of the molecule is CON=C1C(=O)N2C(C(=O)OC(c3ccccc3)c3ccccc3)=C(CSc3nnnn3C)CS[C@@H]12. The summed E-state index contributed by atoms with van der Waals surface area (Å²) in [6.45, 7) is 0. The van der Waals surface area contributed by atoms with Gasteiger partial charge in [-0.1, -0.05) is 77.6 Å². The first-order chi connectivity index (χ1) is 17.6. The summed E-state index contributed by atoms with van der Waals surface area (Å²) in [7, 11) is 3.14. The Morgan fingerprint density at radius 3 is 2.42 bits per heavy atom. The summed E-state index contributed by atoms with van der Waals surface area (Å²) in [6.07, 6.45) is -0.638. The lowest BCUT2D eigenvalue weighted by Crippen LogP contribution is -2.62. The van der Waals surface area contributed by atoms with E-state index in [0.29, 0.717) is 16.7 Å². The second-order valence-corrected chi connectivity index (χ2v) is 9.94. The minimum Gasteiger partial charge on any atom is -0.448 e. The van der Waals surface area contributed by atoms with Crippen LogP contribution in [0.15, 0.2) is 82.2 Å². The quantitative estimate of drug-likeness (QED) is 0.191. The average Bonchev–Trinajstić information content (AvgIpc) is 3.33. The van der Waals surface area contributed by atoms with Gasteiger partial charge in [-0.25, -0.2) is 9.48 Å². The molecule has 12 heteroatoms. The number of nitrogens with zero attached hydrogens (tertiary/aromatic N) is 6. The van der Waals surface area contributed by atoms with Crippen LogP contribution in [0.5, 0.6) is 0 Å². The van der Waals surface area contributed by atoms with Gasteiger partial charge in [0.1, 0.15) is 18.2 Å². The summed E-state index contributed by atoms with van der Waals surface area (Å²) >= 11 is 2.89. The van der Waals surface area contributed by atoms with Crippen molar-refractivity contribution >= 4 is 41.1 Å². The van der Waals surface area contributed by atoms with Gasteiger partial charge < -0.3 is 9.57 Å². The van der Waals surface area contributed by atoms with Gasteiger partial charge in [0.05, 0.1) is 0 Å². The Labute approximate surface area is 215 Å². The fourth-order valence-corrected chi connectivity index (χ4v) is 6.20. The number of esters is 1. The van der Waals surface area contributed by atoms with Gasteiger partial charge in [0.15, 0.2) is 11.8 Å². The predicted octanol–water partition coefficient (Wildman–Crippen LogP) is 2.81. The molecule has 0 radical (unpaired) electrons. The molecule has 2 aliphatic heterocycles. The monoisotopic (exact) mass is 522 g/mol. The van der Waals surface area contributed by atoms with E-state index in [4.69, 9.17) is 9.57 Å². The van der Waals surface area contributed by atoms with E-state index in [0.717, 1.165) is 16.7 Å². The van der Waals surface area contributed by atoms with Crippen molar-refractivity contribution in [2.75, 3.05) is 18.6 Å². The Morgan fingerprint density at radius 2 is 1.83 bits per heavy atom. The number of carbonyl (C=O) groups is 2. The number of amides is 1. The molecule has 0 unspecified atom stereocenters. The van der Waals surface area contributed by atoms with E-state index in [-0.39, 0.29) is 17.3 Å².